The van der Waals surface area contributed by atoms with Crippen molar-refractivity contribution in [3.8, 4) is 0 Å². The molecule has 0 aliphatic carbocycles. The first-order valence-electron chi connectivity index (χ1n) is 9.51. The van der Waals surface area contributed by atoms with E-state index in [4.69, 9.17) is 9.47 Å². The monoisotopic (exact) mass is 366 g/mol. The third kappa shape index (κ3) is 7.20. The topological polar surface area (TPSA) is 80.4 Å². The Morgan fingerprint density at radius 1 is 1.08 bits per heavy atom. The molecule has 2 N–H and O–H groups in total. The number of amides is 1. The number of esters is 1. The van der Waals surface area contributed by atoms with Gasteiger partial charge in [-0.15, -0.1) is 0 Å². The van der Waals surface area contributed by atoms with E-state index in [0.29, 0.717) is 35.7 Å². The summed E-state index contributed by atoms with van der Waals surface area (Å²) in [5.74, 6) is 0.144. The molecular weight excluding hydrogens is 332 g/mol. The summed E-state index contributed by atoms with van der Waals surface area (Å²) in [5.41, 5.74) is 2.13. The third-order valence-electron chi connectivity index (χ3n) is 4.38. The number of unbranched alkanes of at least 4 members (excludes halogenated alkanes) is 3. The van der Waals surface area contributed by atoms with Gasteiger partial charge in [-0.1, -0.05) is 39.5 Å². The number of hydrogen-bond acceptors (Lipinski definition) is 4. The van der Waals surface area contributed by atoms with Gasteiger partial charge in [-0.05, 0) is 31.7 Å². The first-order valence-corrected chi connectivity index (χ1v) is 9.51. The molecule has 1 heterocycles. The normalized spacial score (nSPS) is 11.0. The van der Waals surface area contributed by atoms with Gasteiger partial charge in [0, 0.05) is 19.3 Å². The van der Waals surface area contributed by atoms with Crippen LogP contribution in [0, 0.1) is 19.8 Å². The lowest BCUT2D eigenvalue weighted by Crippen LogP contribution is -2.25. The van der Waals surface area contributed by atoms with E-state index in [9.17, 15) is 9.59 Å². The summed E-state index contributed by atoms with van der Waals surface area (Å²) >= 11 is 0. The maximum Gasteiger partial charge on any atom is 0.340 e. The van der Waals surface area contributed by atoms with Gasteiger partial charge in [0.15, 0.2) is 0 Å². The minimum Gasteiger partial charge on any atom is -0.460 e. The smallest absolute Gasteiger partial charge is 0.340 e. The highest BCUT2D eigenvalue weighted by Crippen LogP contribution is 2.19. The van der Waals surface area contributed by atoms with E-state index in [2.05, 4.69) is 24.1 Å². The molecule has 1 aromatic rings. The fourth-order valence-electron chi connectivity index (χ4n) is 2.89. The number of H-pyrrole nitrogens is 1. The molecule has 6 heteroatoms. The van der Waals surface area contributed by atoms with E-state index < -0.39 is 5.97 Å². The second-order valence-corrected chi connectivity index (χ2v) is 7.11. The second-order valence-electron chi connectivity index (χ2n) is 7.11. The van der Waals surface area contributed by atoms with Gasteiger partial charge < -0.3 is 19.8 Å². The SMILES string of the molecule is COCCOC(=O)c1c(C)[nH]c(C(=O)NCCCCCCC(C)C)c1C. The molecule has 0 spiro atoms. The largest absolute Gasteiger partial charge is 0.460 e. The number of nitrogens with one attached hydrogen (secondary N) is 2. The van der Waals surface area contributed by atoms with Gasteiger partial charge in [0.2, 0.25) is 0 Å². The zero-order valence-corrected chi connectivity index (χ0v) is 16.9. The van der Waals surface area contributed by atoms with Gasteiger partial charge in [0.1, 0.15) is 12.3 Å². The quantitative estimate of drug-likeness (QED) is 0.436. The van der Waals surface area contributed by atoms with Crippen LogP contribution in [-0.4, -0.2) is 43.7 Å². The number of ether oxygens (including phenoxy) is 2. The fraction of sp³-hybridized carbons (Fsp3) is 0.700. The van der Waals surface area contributed by atoms with Crippen LogP contribution in [0.2, 0.25) is 0 Å². The summed E-state index contributed by atoms with van der Waals surface area (Å²) in [6.07, 6.45) is 5.79. The van der Waals surface area contributed by atoms with Crippen molar-refractivity contribution in [3.05, 3.63) is 22.5 Å². The molecular formula is C20H34N2O4. The number of aryl methyl sites for hydroxylation is 1. The van der Waals surface area contributed by atoms with Crippen LogP contribution in [0.1, 0.15) is 78.1 Å². The lowest BCUT2D eigenvalue weighted by atomic mass is 10.0. The highest BCUT2D eigenvalue weighted by atomic mass is 16.6. The first-order chi connectivity index (χ1) is 12.4. The van der Waals surface area contributed by atoms with Crippen LogP contribution in [0.3, 0.4) is 0 Å². The first kappa shape index (κ1) is 22.2. The standard InChI is InChI=1S/C20H34N2O4/c1-14(2)10-8-6-7-9-11-21-19(23)18-15(3)17(16(4)22-18)20(24)26-13-12-25-5/h14,22H,6-13H2,1-5H3,(H,21,23). The van der Waals surface area contributed by atoms with E-state index in [-0.39, 0.29) is 12.5 Å². The van der Waals surface area contributed by atoms with Crippen LogP contribution in [0.4, 0.5) is 0 Å². The zero-order chi connectivity index (χ0) is 19.5. The average Bonchev–Trinajstić information content (AvgIpc) is 2.88. The van der Waals surface area contributed by atoms with Crippen LogP contribution in [-0.2, 0) is 9.47 Å². The summed E-state index contributed by atoms with van der Waals surface area (Å²) in [6, 6.07) is 0. The van der Waals surface area contributed by atoms with E-state index in [0.717, 1.165) is 18.8 Å². The second kappa shape index (κ2) is 11.7. The van der Waals surface area contributed by atoms with Crippen molar-refractivity contribution in [2.45, 2.75) is 59.8 Å². The molecule has 148 valence electrons. The average molecular weight is 367 g/mol. The summed E-state index contributed by atoms with van der Waals surface area (Å²) in [4.78, 5) is 27.6. The molecule has 0 unspecified atom stereocenters. The number of aromatic nitrogens is 1. The molecule has 0 saturated heterocycles. The van der Waals surface area contributed by atoms with Crippen molar-refractivity contribution in [2.24, 2.45) is 5.92 Å². The molecule has 0 aliphatic rings. The van der Waals surface area contributed by atoms with Crippen molar-refractivity contribution in [2.75, 3.05) is 26.9 Å². The van der Waals surface area contributed by atoms with Crippen LogP contribution in [0.25, 0.3) is 0 Å². The van der Waals surface area contributed by atoms with E-state index in [1.54, 1.807) is 21.0 Å². The Bertz CT molecular complexity index is 579. The lowest BCUT2D eigenvalue weighted by Gasteiger charge is -2.07. The van der Waals surface area contributed by atoms with Crippen molar-refractivity contribution >= 4 is 11.9 Å². The molecule has 1 rings (SSSR count). The number of hydrogen-bond donors (Lipinski definition) is 2. The minimum absolute atomic E-state index is 0.177. The molecule has 6 nitrogen and oxygen atoms in total. The zero-order valence-electron chi connectivity index (χ0n) is 16.9. The van der Waals surface area contributed by atoms with Gasteiger partial charge in [-0.2, -0.15) is 0 Å². The number of methoxy groups -OCH3 is 1. The Morgan fingerprint density at radius 2 is 1.77 bits per heavy atom. The van der Waals surface area contributed by atoms with Gasteiger partial charge >= 0.3 is 5.97 Å². The number of rotatable bonds is 12. The molecule has 0 fully saturated rings. The molecule has 0 atom stereocenters. The molecule has 0 aromatic carbocycles. The Kier molecular flexibility index (Phi) is 10.0. The van der Waals surface area contributed by atoms with Gasteiger partial charge in [0.25, 0.3) is 5.91 Å². The molecule has 0 aliphatic heterocycles. The molecule has 0 bridgehead atoms. The summed E-state index contributed by atoms with van der Waals surface area (Å²) < 4.78 is 10.0. The fourth-order valence-corrected chi connectivity index (χ4v) is 2.89. The van der Waals surface area contributed by atoms with Crippen LogP contribution >= 0.6 is 0 Å². The lowest BCUT2D eigenvalue weighted by molar-refractivity contribution is 0.0387. The predicted molar refractivity (Wildman–Crippen MR) is 103 cm³/mol. The molecule has 1 aromatic heterocycles. The highest BCUT2D eigenvalue weighted by Gasteiger charge is 2.22. The summed E-state index contributed by atoms with van der Waals surface area (Å²) in [6.45, 7) is 9.19. The van der Waals surface area contributed by atoms with Crippen LogP contribution < -0.4 is 5.32 Å². The van der Waals surface area contributed by atoms with E-state index >= 15 is 0 Å². The maximum atomic E-state index is 12.4. The van der Waals surface area contributed by atoms with Crippen molar-refractivity contribution in [1.82, 2.24) is 10.3 Å². The van der Waals surface area contributed by atoms with E-state index in [1.807, 2.05) is 0 Å². The van der Waals surface area contributed by atoms with Gasteiger partial charge in [0.05, 0.1) is 12.2 Å². The molecule has 0 radical (unpaired) electrons. The Hall–Kier alpha value is -1.82. The predicted octanol–water partition coefficient (Wildman–Crippen LogP) is 3.77. The van der Waals surface area contributed by atoms with Crippen molar-refractivity contribution < 1.29 is 19.1 Å². The number of aromatic amines is 1. The Morgan fingerprint density at radius 3 is 2.42 bits per heavy atom. The summed E-state index contributed by atoms with van der Waals surface area (Å²) in [5, 5.41) is 2.93. The number of carbonyl (C=O) groups is 2. The maximum absolute atomic E-state index is 12.4. The van der Waals surface area contributed by atoms with Crippen molar-refractivity contribution in [3.63, 3.8) is 0 Å². The highest BCUT2D eigenvalue weighted by molar-refractivity contribution is 6.00. The molecule has 26 heavy (non-hydrogen) atoms. The van der Waals surface area contributed by atoms with Crippen LogP contribution in [0.5, 0.6) is 0 Å². The molecule has 1 amide bonds. The third-order valence-corrected chi connectivity index (χ3v) is 4.38. The Balaban J connectivity index is 2.47. The van der Waals surface area contributed by atoms with Gasteiger partial charge in [-0.25, -0.2) is 4.79 Å². The molecule has 0 saturated carbocycles. The van der Waals surface area contributed by atoms with Crippen molar-refractivity contribution in [1.29, 1.82) is 0 Å². The van der Waals surface area contributed by atoms with Gasteiger partial charge in [-0.3, -0.25) is 4.79 Å². The summed E-state index contributed by atoms with van der Waals surface area (Å²) in [7, 11) is 1.55. The Labute approximate surface area is 157 Å². The number of carbonyl (C=O) groups excluding carboxylic acids is 2. The van der Waals surface area contributed by atoms with Crippen LogP contribution in [0.15, 0.2) is 0 Å². The van der Waals surface area contributed by atoms with E-state index in [1.165, 1.54) is 19.3 Å². The minimum atomic E-state index is -0.433.